The molecule has 2 aromatic carbocycles. The van der Waals surface area contributed by atoms with E-state index in [9.17, 15) is 14.4 Å². The Bertz CT molecular complexity index is 1380. The highest BCUT2D eigenvalue weighted by Gasteiger charge is 2.35. The summed E-state index contributed by atoms with van der Waals surface area (Å²) >= 11 is 6.23. The van der Waals surface area contributed by atoms with Gasteiger partial charge in [-0.1, -0.05) is 63.8 Å². The highest BCUT2D eigenvalue weighted by Crippen LogP contribution is 2.35. The minimum Gasteiger partial charge on any atom is -0.494 e. The molecular weight excluding hydrogens is 488 g/mol. The molecule has 7 heteroatoms. The number of rotatable bonds is 9. The molecule has 0 saturated carbocycles. The molecule has 1 aliphatic rings. The summed E-state index contributed by atoms with van der Waals surface area (Å²) in [5.41, 5.74) is 1.13. The van der Waals surface area contributed by atoms with E-state index in [2.05, 4.69) is 12.2 Å². The van der Waals surface area contributed by atoms with E-state index in [1.165, 1.54) is 17.1 Å². The van der Waals surface area contributed by atoms with Crippen molar-refractivity contribution in [1.82, 2.24) is 4.57 Å². The number of benzene rings is 2. The zero-order chi connectivity index (χ0) is 26.6. The third-order valence-corrected chi connectivity index (χ3v) is 6.79. The quantitative estimate of drug-likeness (QED) is 0.313. The van der Waals surface area contributed by atoms with Crippen molar-refractivity contribution in [3.63, 3.8) is 0 Å². The first-order chi connectivity index (χ1) is 17.7. The molecular formula is C30H33ClN2O4. The average Bonchev–Trinajstić information content (AvgIpc) is 2.83. The van der Waals surface area contributed by atoms with Crippen molar-refractivity contribution in [2.24, 2.45) is 5.41 Å². The van der Waals surface area contributed by atoms with Crippen molar-refractivity contribution in [3.8, 4) is 11.4 Å². The number of nitrogens with zero attached hydrogens (tertiary/aromatic N) is 1. The predicted molar refractivity (Wildman–Crippen MR) is 148 cm³/mol. The molecule has 0 bridgehead atoms. The second kappa shape index (κ2) is 11.3. The molecule has 6 nitrogen and oxygen atoms in total. The molecule has 1 heterocycles. The number of carbonyl (C=O) groups excluding carboxylic acids is 2. The van der Waals surface area contributed by atoms with Crippen LogP contribution >= 0.6 is 11.6 Å². The summed E-state index contributed by atoms with van der Waals surface area (Å²) in [5, 5.41) is 3.27. The first-order valence-electron chi connectivity index (χ1n) is 12.8. The first-order valence-corrected chi connectivity index (χ1v) is 13.2. The number of amides is 1. The molecule has 0 saturated heterocycles. The lowest BCUT2D eigenvalue weighted by molar-refractivity contribution is 0.0909. The molecule has 0 unspecified atom stereocenters. The lowest BCUT2D eigenvalue weighted by Gasteiger charge is -2.32. The Balaban J connectivity index is 1.67. The number of halogens is 1. The zero-order valence-electron chi connectivity index (χ0n) is 21.6. The van der Waals surface area contributed by atoms with Gasteiger partial charge in [0.05, 0.1) is 12.3 Å². The van der Waals surface area contributed by atoms with Crippen molar-refractivity contribution < 1.29 is 14.3 Å². The van der Waals surface area contributed by atoms with E-state index in [0.29, 0.717) is 52.9 Å². The van der Waals surface area contributed by atoms with Crippen molar-refractivity contribution in [2.75, 3.05) is 11.9 Å². The van der Waals surface area contributed by atoms with Gasteiger partial charge in [0.1, 0.15) is 11.3 Å². The van der Waals surface area contributed by atoms with Gasteiger partial charge in [-0.2, -0.15) is 0 Å². The SMILES string of the molecule is CCCCCCOc1cccc(NC(=O)c2cc3c(n(-c4cccc(Cl)c4)c2=O)CC(C)(C)CC3=O)c1. The van der Waals surface area contributed by atoms with Gasteiger partial charge in [0.2, 0.25) is 0 Å². The van der Waals surface area contributed by atoms with Crippen LogP contribution < -0.4 is 15.6 Å². The number of hydrogen-bond acceptors (Lipinski definition) is 4. The van der Waals surface area contributed by atoms with Gasteiger partial charge in [-0.3, -0.25) is 19.0 Å². The molecule has 0 atom stereocenters. The molecule has 1 amide bonds. The van der Waals surface area contributed by atoms with Gasteiger partial charge in [-0.25, -0.2) is 0 Å². The Morgan fingerprint density at radius 1 is 1.03 bits per heavy atom. The Labute approximate surface area is 222 Å². The van der Waals surface area contributed by atoms with Crippen LogP contribution in [0.25, 0.3) is 5.69 Å². The molecule has 194 valence electrons. The van der Waals surface area contributed by atoms with Crippen LogP contribution in [-0.2, 0) is 6.42 Å². The topological polar surface area (TPSA) is 77.4 Å². The Morgan fingerprint density at radius 3 is 2.57 bits per heavy atom. The van der Waals surface area contributed by atoms with Crippen molar-refractivity contribution >= 4 is 29.0 Å². The Morgan fingerprint density at radius 2 is 1.81 bits per heavy atom. The number of ether oxygens (including phenoxy) is 1. The van der Waals surface area contributed by atoms with E-state index < -0.39 is 11.5 Å². The van der Waals surface area contributed by atoms with Gasteiger partial charge in [-0.15, -0.1) is 0 Å². The van der Waals surface area contributed by atoms with E-state index in [1.54, 1.807) is 42.5 Å². The standard InChI is InChI=1S/C30H33ClN2O4/c1-4-5-6-7-14-37-23-13-9-11-21(16-23)32-28(35)25-17-24-26(18-30(2,3)19-27(24)34)33(29(25)36)22-12-8-10-20(31)15-22/h8-13,15-17H,4-7,14,18-19H2,1-3H3,(H,32,35). The van der Waals surface area contributed by atoms with Crippen LogP contribution in [0, 0.1) is 5.41 Å². The smallest absolute Gasteiger partial charge is 0.268 e. The number of Topliss-reactive ketones (excluding diaryl/α,β-unsaturated/α-hetero) is 1. The maximum atomic E-state index is 13.7. The number of pyridine rings is 1. The molecule has 0 spiro atoms. The van der Waals surface area contributed by atoms with Crippen LogP contribution in [0.2, 0.25) is 5.02 Å². The molecule has 0 radical (unpaired) electrons. The lowest BCUT2D eigenvalue weighted by atomic mass is 9.75. The molecule has 3 aromatic rings. The highest BCUT2D eigenvalue weighted by atomic mass is 35.5. The summed E-state index contributed by atoms with van der Waals surface area (Å²) in [7, 11) is 0. The molecule has 1 aromatic heterocycles. The Hall–Kier alpha value is -3.38. The van der Waals surface area contributed by atoms with E-state index in [-0.39, 0.29) is 16.8 Å². The van der Waals surface area contributed by atoms with Crippen molar-refractivity contribution in [3.05, 3.63) is 86.8 Å². The number of unbranched alkanes of at least 4 members (excludes halogenated alkanes) is 3. The van der Waals surface area contributed by atoms with Crippen LogP contribution in [0.4, 0.5) is 5.69 Å². The maximum Gasteiger partial charge on any atom is 0.268 e. The predicted octanol–water partition coefficient (Wildman–Crippen LogP) is 6.86. The number of carbonyl (C=O) groups is 2. The molecule has 0 fully saturated rings. The molecule has 4 rings (SSSR count). The summed E-state index contributed by atoms with van der Waals surface area (Å²) < 4.78 is 7.29. The number of nitrogens with one attached hydrogen (secondary N) is 1. The van der Waals surface area contributed by atoms with Gasteiger partial charge in [0.15, 0.2) is 5.78 Å². The molecule has 37 heavy (non-hydrogen) atoms. The van der Waals surface area contributed by atoms with Gasteiger partial charge >= 0.3 is 0 Å². The maximum absolute atomic E-state index is 13.7. The Kier molecular flexibility index (Phi) is 8.18. The average molecular weight is 521 g/mol. The molecule has 1 N–H and O–H groups in total. The molecule has 0 aliphatic heterocycles. The second-order valence-corrected chi connectivity index (χ2v) is 10.8. The molecule has 1 aliphatic carbocycles. The normalized spacial score (nSPS) is 14.2. The summed E-state index contributed by atoms with van der Waals surface area (Å²) in [6, 6.07) is 15.4. The third kappa shape index (κ3) is 6.31. The number of fused-ring (bicyclic) bond motifs is 1. The summed E-state index contributed by atoms with van der Waals surface area (Å²) in [6.45, 7) is 6.77. The van der Waals surface area contributed by atoms with Gasteiger partial charge in [-0.05, 0) is 54.7 Å². The fraction of sp³-hybridized carbons (Fsp3) is 0.367. The van der Waals surface area contributed by atoms with Crippen LogP contribution in [-0.4, -0.2) is 22.9 Å². The van der Waals surface area contributed by atoms with Gasteiger partial charge in [0, 0.05) is 34.5 Å². The van der Waals surface area contributed by atoms with Crippen LogP contribution in [0.3, 0.4) is 0 Å². The largest absolute Gasteiger partial charge is 0.494 e. The highest BCUT2D eigenvalue weighted by molar-refractivity contribution is 6.30. The van der Waals surface area contributed by atoms with Crippen molar-refractivity contribution in [1.29, 1.82) is 0 Å². The summed E-state index contributed by atoms with van der Waals surface area (Å²) in [4.78, 5) is 40.2. The van der Waals surface area contributed by atoms with Crippen molar-refractivity contribution in [2.45, 2.75) is 59.3 Å². The number of hydrogen-bond donors (Lipinski definition) is 1. The number of anilines is 1. The fourth-order valence-corrected chi connectivity index (χ4v) is 4.93. The van der Waals surface area contributed by atoms with Gasteiger partial charge < -0.3 is 10.1 Å². The summed E-state index contributed by atoms with van der Waals surface area (Å²) in [5.74, 6) is -0.0238. The minimum atomic E-state index is -0.582. The van der Waals surface area contributed by atoms with E-state index >= 15 is 0 Å². The minimum absolute atomic E-state index is 0.0884. The van der Waals surface area contributed by atoms with Gasteiger partial charge in [0.25, 0.3) is 11.5 Å². The number of aromatic nitrogens is 1. The third-order valence-electron chi connectivity index (χ3n) is 6.56. The van der Waals surface area contributed by atoms with E-state index in [4.69, 9.17) is 16.3 Å². The first kappa shape index (κ1) is 26.7. The van der Waals surface area contributed by atoms with Crippen LogP contribution in [0.15, 0.2) is 59.4 Å². The van der Waals surface area contributed by atoms with Crippen LogP contribution in [0.1, 0.15) is 79.3 Å². The monoisotopic (exact) mass is 520 g/mol. The van der Waals surface area contributed by atoms with E-state index in [0.717, 1.165) is 19.3 Å². The zero-order valence-corrected chi connectivity index (χ0v) is 22.4. The van der Waals surface area contributed by atoms with Crippen LogP contribution in [0.5, 0.6) is 5.75 Å². The van der Waals surface area contributed by atoms with E-state index in [1.807, 2.05) is 19.9 Å². The fourth-order valence-electron chi connectivity index (χ4n) is 4.75. The number of ketones is 1. The summed E-state index contributed by atoms with van der Waals surface area (Å²) in [6.07, 6.45) is 5.27. The lowest BCUT2D eigenvalue weighted by Crippen LogP contribution is -2.37. The second-order valence-electron chi connectivity index (χ2n) is 10.4.